The lowest BCUT2D eigenvalue weighted by Crippen LogP contribution is -2.47. The van der Waals surface area contributed by atoms with Crippen LogP contribution in [0.15, 0.2) is 24.3 Å². The molecule has 1 fully saturated rings. The molecule has 1 unspecified atom stereocenters. The van der Waals surface area contributed by atoms with Gasteiger partial charge in [-0.2, -0.15) is 0 Å². The Kier molecular flexibility index (Phi) is 6.83. The van der Waals surface area contributed by atoms with Gasteiger partial charge in [-0.15, -0.1) is 0 Å². The van der Waals surface area contributed by atoms with Crippen molar-refractivity contribution < 1.29 is 19.4 Å². The van der Waals surface area contributed by atoms with Gasteiger partial charge in [0.15, 0.2) is 0 Å². The first kappa shape index (κ1) is 17.7. The van der Waals surface area contributed by atoms with E-state index in [1.165, 1.54) is 5.56 Å². The number of likely N-dealkylation sites (N-methyl/N-ethyl adjacent to an activating group) is 1. The fraction of sp³-hybridized carbons (Fsp3) is 0.588. The van der Waals surface area contributed by atoms with Crippen molar-refractivity contribution in [3.8, 4) is 5.75 Å². The van der Waals surface area contributed by atoms with Crippen molar-refractivity contribution in [3.05, 3.63) is 29.8 Å². The minimum absolute atomic E-state index is 0.0346. The third-order valence-electron chi connectivity index (χ3n) is 3.81. The van der Waals surface area contributed by atoms with Gasteiger partial charge >= 0.3 is 5.97 Å². The normalized spacial score (nSPS) is 19.0. The zero-order chi connectivity index (χ0) is 16.7. The lowest BCUT2D eigenvalue weighted by Gasteiger charge is -2.34. The Morgan fingerprint density at radius 2 is 2.26 bits per heavy atom. The molecule has 2 rings (SSSR count). The summed E-state index contributed by atoms with van der Waals surface area (Å²) in [7, 11) is 1.81. The van der Waals surface area contributed by atoms with Crippen molar-refractivity contribution in [2.24, 2.45) is 0 Å². The summed E-state index contributed by atoms with van der Waals surface area (Å²) < 4.78 is 11.5. The molecule has 0 aromatic heterocycles. The van der Waals surface area contributed by atoms with Crippen LogP contribution < -0.4 is 4.74 Å². The monoisotopic (exact) mass is 322 g/mol. The second kappa shape index (κ2) is 8.86. The Bertz CT molecular complexity index is 509. The van der Waals surface area contributed by atoms with Crippen molar-refractivity contribution in [1.29, 1.82) is 0 Å². The summed E-state index contributed by atoms with van der Waals surface area (Å²) >= 11 is 0. The van der Waals surface area contributed by atoms with Crippen LogP contribution in [0, 0.1) is 0 Å². The number of rotatable bonds is 8. The highest BCUT2D eigenvalue weighted by molar-refractivity contribution is 5.69. The zero-order valence-electron chi connectivity index (χ0n) is 13.9. The molecule has 0 aliphatic carbocycles. The van der Waals surface area contributed by atoms with Crippen LogP contribution in [0.1, 0.15) is 12.5 Å². The summed E-state index contributed by atoms with van der Waals surface area (Å²) in [5.41, 5.74) is 1.17. The molecule has 1 heterocycles. The van der Waals surface area contributed by atoms with Gasteiger partial charge in [0.25, 0.3) is 0 Å². The van der Waals surface area contributed by atoms with Crippen LogP contribution in [0.2, 0.25) is 0 Å². The molecule has 1 aromatic rings. The molecule has 0 bridgehead atoms. The summed E-state index contributed by atoms with van der Waals surface area (Å²) in [4.78, 5) is 14.9. The van der Waals surface area contributed by atoms with Crippen molar-refractivity contribution in [2.45, 2.75) is 19.6 Å². The number of nitrogens with zero attached hydrogens (tertiary/aromatic N) is 2. The number of carbonyl (C=O) groups is 1. The second-order valence-electron chi connectivity index (χ2n) is 5.86. The predicted octanol–water partition coefficient (Wildman–Crippen LogP) is 1.30. The van der Waals surface area contributed by atoms with Gasteiger partial charge in [0.1, 0.15) is 5.75 Å². The maximum absolute atomic E-state index is 10.7. The molecule has 128 valence electrons. The fourth-order valence-electron chi connectivity index (χ4n) is 2.85. The first-order valence-electron chi connectivity index (χ1n) is 8.03. The quantitative estimate of drug-likeness (QED) is 0.778. The van der Waals surface area contributed by atoms with E-state index in [9.17, 15) is 4.79 Å². The lowest BCUT2D eigenvalue weighted by atomic mass is 10.1. The van der Waals surface area contributed by atoms with E-state index in [1.807, 2.05) is 25.1 Å². The van der Waals surface area contributed by atoms with Crippen molar-refractivity contribution in [3.63, 3.8) is 0 Å². The predicted molar refractivity (Wildman–Crippen MR) is 87.8 cm³/mol. The van der Waals surface area contributed by atoms with Gasteiger partial charge in [0, 0.05) is 31.7 Å². The second-order valence-corrected chi connectivity index (χ2v) is 5.86. The van der Waals surface area contributed by atoms with Gasteiger partial charge in [-0.05, 0) is 20.0 Å². The van der Waals surface area contributed by atoms with Gasteiger partial charge in [0.05, 0.1) is 25.9 Å². The zero-order valence-corrected chi connectivity index (χ0v) is 13.9. The van der Waals surface area contributed by atoms with Crippen LogP contribution in [0.25, 0.3) is 0 Å². The third-order valence-corrected chi connectivity index (χ3v) is 3.81. The van der Waals surface area contributed by atoms with Gasteiger partial charge in [0.2, 0.25) is 0 Å². The van der Waals surface area contributed by atoms with E-state index in [0.29, 0.717) is 19.8 Å². The van der Waals surface area contributed by atoms with Gasteiger partial charge < -0.3 is 14.6 Å². The van der Waals surface area contributed by atoms with Gasteiger partial charge in [-0.25, -0.2) is 0 Å². The molecule has 1 saturated heterocycles. The molecule has 1 aliphatic rings. The number of hydrogen-bond donors (Lipinski definition) is 1. The van der Waals surface area contributed by atoms with E-state index in [2.05, 4.69) is 11.0 Å². The number of carboxylic acids is 1. The molecule has 0 saturated carbocycles. The summed E-state index contributed by atoms with van der Waals surface area (Å²) in [5.74, 6) is 0.117. The van der Waals surface area contributed by atoms with Crippen LogP contribution in [0.5, 0.6) is 5.75 Å². The molecule has 6 heteroatoms. The van der Waals surface area contributed by atoms with Crippen LogP contribution in [0.3, 0.4) is 0 Å². The molecule has 1 atom stereocenters. The Labute approximate surface area is 137 Å². The first-order chi connectivity index (χ1) is 11.1. The SMILES string of the molecule is CCOc1ccccc1CN1CCOC(CN(C)CC(=O)O)C1. The van der Waals surface area contributed by atoms with Crippen LogP contribution in [0.4, 0.5) is 0 Å². The third kappa shape index (κ3) is 5.82. The topological polar surface area (TPSA) is 62.2 Å². The van der Waals surface area contributed by atoms with Gasteiger partial charge in [-0.1, -0.05) is 18.2 Å². The minimum atomic E-state index is -0.814. The molecule has 23 heavy (non-hydrogen) atoms. The molecule has 0 radical (unpaired) electrons. The van der Waals surface area contributed by atoms with E-state index in [1.54, 1.807) is 11.9 Å². The molecule has 1 aliphatic heterocycles. The first-order valence-corrected chi connectivity index (χ1v) is 8.03. The number of aliphatic carboxylic acids is 1. The number of benzene rings is 1. The smallest absolute Gasteiger partial charge is 0.317 e. The molecule has 6 nitrogen and oxygen atoms in total. The average molecular weight is 322 g/mol. The number of ether oxygens (including phenoxy) is 2. The highest BCUT2D eigenvalue weighted by atomic mass is 16.5. The summed E-state index contributed by atoms with van der Waals surface area (Å²) in [5, 5.41) is 8.83. The van der Waals surface area contributed by atoms with E-state index in [-0.39, 0.29) is 12.6 Å². The fourth-order valence-corrected chi connectivity index (χ4v) is 2.85. The van der Waals surface area contributed by atoms with E-state index >= 15 is 0 Å². The van der Waals surface area contributed by atoms with E-state index in [4.69, 9.17) is 14.6 Å². The number of morpholine rings is 1. The Hall–Kier alpha value is -1.63. The maximum atomic E-state index is 10.7. The van der Waals surface area contributed by atoms with Crippen molar-refractivity contribution in [1.82, 2.24) is 9.80 Å². The molecule has 0 spiro atoms. The minimum Gasteiger partial charge on any atom is -0.494 e. The average Bonchev–Trinajstić information content (AvgIpc) is 2.49. The molecule has 1 N–H and O–H groups in total. The van der Waals surface area contributed by atoms with E-state index < -0.39 is 5.97 Å². The maximum Gasteiger partial charge on any atom is 0.317 e. The Balaban J connectivity index is 1.90. The highest BCUT2D eigenvalue weighted by Gasteiger charge is 2.23. The van der Waals surface area contributed by atoms with Crippen LogP contribution in [-0.2, 0) is 16.1 Å². The molecular formula is C17H26N2O4. The van der Waals surface area contributed by atoms with Gasteiger partial charge in [-0.3, -0.25) is 14.6 Å². The summed E-state index contributed by atoms with van der Waals surface area (Å²) in [6.45, 7) is 6.45. The molecule has 1 aromatic carbocycles. The summed E-state index contributed by atoms with van der Waals surface area (Å²) in [6, 6.07) is 8.09. The summed E-state index contributed by atoms with van der Waals surface area (Å²) in [6.07, 6.45) is 0.0346. The van der Waals surface area contributed by atoms with Crippen LogP contribution in [-0.4, -0.2) is 73.4 Å². The molecule has 0 amide bonds. The lowest BCUT2D eigenvalue weighted by molar-refractivity contribution is -0.138. The number of hydrogen-bond acceptors (Lipinski definition) is 5. The standard InChI is InChI=1S/C17H26N2O4/c1-3-22-16-7-5-4-6-14(16)10-19-8-9-23-15(12-19)11-18(2)13-17(20)21/h4-7,15H,3,8-13H2,1-2H3,(H,20,21). The van der Waals surface area contributed by atoms with Crippen molar-refractivity contribution >= 4 is 5.97 Å². The van der Waals surface area contributed by atoms with Crippen molar-refractivity contribution in [2.75, 3.05) is 46.4 Å². The molecular weight excluding hydrogens is 296 g/mol. The number of carboxylic acid groups (broad SMARTS) is 1. The Morgan fingerprint density at radius 3 is 3.00 bits per heavy atom. The Morgan fingerprint density at radius 1 is 1.48 bits per heavy atom. The highest BCUT2D eigenvalue weighted by Crippen LogP contribution is 2.21. The van der Waals surface area contributed by atoms with Crippen LogP contribution >= 0.6 is 0 Å². The van der Waals surface area contributed by atoms with E-state index in [0.717, 1.165) is 25.4 Å². The largest absolute Gasteiger partial charge is 0.494 e. The number of para-hydroxylation sites is 1.